The summed E-state index contributed by atoms with van der Waals surface area (Å²) in [5.74, 6) is 0.331. The summed E-state index contributed by atoms with van der Waals surface area (Å²) < 4.78 is 0. The highest BCUT2D eigenvalue weighted by atomic mass is 16.1. The van der Waals surface area contributed by atoms with Gasteiger partial charge in [-0.3, -0.25) is 4.79 Å². The zero-order valence-electron chi connectivity index (χ0n) is 14.6. The van der Waals surface area contributed by atoms with Gasteiger partial charge in [0, 0.05) is 29.9 Å². The standard InChI is InChI=1S/C19H32N2O/c1-4-5-10-17-15(2)20-16(3)19(17)18(22)11-14-21-12-8-6-7-9-13-21/h20H,4-14H2,1-3H3. The molecule has 1 aromatic rings. The van der Waals surface area contributed by atoms with Crippen molar-refractivity contribution >= 4 is 5.78 Å². The molecule has 0 bridgehead atoms. The van der Waals surface area contributed by atoms with Crippen molar-refractivity contribution in [2.45, 2.75) is 72.1 Å². The average Bonchev–Trinajstić information content (AvgIpc) is 2.69. The summed E-state index contributed by atoms with van der Waals surface area (Å²) in [6.07, 6.45) is 9.30. The number of hydrogen-bond donors (Lipinski definition) is 1. The van der Waals surface area contributed by atoms with Crippen molar-refractivity contribution in [3.8, 4) is 0 Å². The second-order valence-electron chi connectivity index (χ2n) is 6.76. The minimum absolute atomic E-state index is 0.331. The van der Waals surface area contributed by atoms with Crippen LogP contribution in [0.25, 0.3) is 0 Å². The minimum atomic E-state index is 0.331. The highest BCUT2D eigenvalue weighted by Gasteiger charge is 2.19. The van der Waals surface area contributed by atoms with Crippen LogP contribution in [0, 0.1) is 13.8 Å². The molecule has 1 N–H and O–H groups in total. The molecule has 0 aromatic carbocycles. The minimum Gasteiger partial charge on any atom is -0.362 e. The molecule has 0 unspecified atom stereocenters. The Balaban J connectivity index is 1.99. The molecular formula is C19H32N2O. The number of nitrogens with zero attached hydrogens (tertiary/aromatic N) is 1. The van der Waals surface area contributed by atoms with Gasteiger partial charge in [-0.25, -0.2) is 0 Å². The molecule has 3 heteroatoms. The summed E-state index contributed by atoms with van der Waals surface area (Å²) in [6.45, 7) is 9.61. The molecule has 0 radical (unpaired) electrons. The number of hydrogen-bond acceptors (Lipinski definition) is 2. The van der Waals surface area contributed by atoms with E-state index in [-0.39, 0.29) is 0 Å². The lowest BCUT2D eigenvalue weighted by Crippen LogP contribution is -2.27. The maximum Gasteiger partial charge on any atom is 0.166 e. The fourth-order valence-corrected chi connectivity index (χ4v) is 3.62. The lowest BCUT2D eigenvalue weighted by Gasteiger charge is -2.19. The number of aryl methyl sites for hydroxylation is 2. The predicted molar refractivity (Wildman–Crippen MR) is 92.7 cm³/mol. The first-order chi connectivity index (χ1) is 10.6. The van der Waals surface area contributed by atoms with Crippen molar-refractivity contribution in [3.63, 3.8) is 0 Å². The lowest BCUT2D eigenvalue weighted by atomic mass is 9.98. The number of carbonyl (C=O) groups excluding carboxylic acids is 1. The first kappa shape index (κ1) is 17.3. The second-order valence-corrected chi connectivity index (χ2v) is 6.76. The molecule has 1 aliphatic heterocycles. The van der Waals surface area contributed by atoms with Crippen molar-refractivity contribution in [2.75, 3.05) is 19.6 Å². The van der Waals surface area contributed by atoms with Crippen LogP contribution in [0.15, 0.2) is 0 Å². The van der Waals surface area contributed by atoms with Crippen molar-refractivity contribution in [2.24, 2.45) is 0 Å². The molecule has 1 aliphatic rings. The van der Waals surface area contributed by atoms with Crippen LogP contribution in [-0.4, -0.2) is 35.3 Å². The predicted octanol–water partition coefficient (Wildman–Crippen LogP) is 4.42. The third kappa shape index (κ3) is 4.45. The Bertz CT molecular complexity index is 482. The molecule has 0 atom stereocenters. The lowest BCUT2D eigenvalue weighted by molar-refractivity contribution is 0.0963. The molecule has 2 rings (SSSR count). The summed E-state index contributed by atoms with van der Waals surface area (Å²) in [5, 5.41) is 0. The Morgan fingerprint density at radius 1 is 1.09 bits per heavy atom. The fraction of sp³-hybridized carbons (Fsp3) is 0.737. The number of carbonyl (C=O) groups is 1. The van der Waals surface area contributed by atoms with Crippen LogP contribution in [0.2, 0.25) is 0 Å². The summed E-state index contributed by atoms with van der Waals surface area (Å²) >= 11 is 0. The van der Waals surface area contributed by atoms with Gasteiger partial charge in [0.1, 0.15) is 0 Å². The van der Waals surface area contributed by atoms with Crippen LogP contribution < -0.4 is 0 Å². The van der Waals surface area contributed by atoms with Gasteiger partial charge < -0.3 is 9.88 Å². The SMILES string of the molecule is CCCCc1c(C)[nH]c(C)c1C(=O)CCN1CCCCCC1. The van der Waals surface area contributed by atoms with Gasteiger partial charge >= 0.3 is 0 Å². The Hall–Kier alpha value is -1.09. The maximum atomic E-state index is 12.7. The van der Waals surface area contributed by atoms with E-state index >= 15 is 0 Å². The van der Waals surface area contributed by atoms with Gasteiger partial charge in [0.25, 0.3) is 0 Å². The largest absolute Gasteiger partial charge is 0.362 e. The van der Waals surface area contributed by atoms with E-state index in [9.17, 15) is 4.79 Å². The third-order valence-electron chi connectivity index (χ3n) is 4.92. The van der Waals surface area contributed by atoms with Crippen molar-refractivity contribution in [1.29, 1.82) is 0 Å². The highest BCUT2D eigenvalue weighted by Crippen LogP contribution is 2.22. The molecule has 124 valence electrons. The topological polar surface area (TPSA) is 36.1 Å². The van der Waals surface area contributed by atoms with Crippen LogP contribution in [0.5, 0.6) is 0 Å². The number of aromatic amines is 1. The molecule has 1 saturated heterocycles. The number of aromatic nitrogens is 1. The average molecular weight is 304 g/mol. The van der Waals surface area contributed by atoms with Crippen LogP contribution in [0.1, 0.15) is 79.2 Å². The van der Waals surface area contributed by atoms with Gasteiger partial charge in [-0.05, 0) is 58.2 Å². The van der Waals surface area contributed by atoms with Crippen molar-refractivity contribution in [3.05, 3.63) is 22.5 Å². The monoisotopic (exact) mass is 304 g/mol. The molecule has 1 fully saturated rings. The molecule has 0 spiro atoms. The quantitative estimate of drug-likeness (QED) is 0.757. The number of Topliss-reactive ketones (excluding diaryl/α,β-unsaturated/α-hetero) is 1. The molecule has 0 amide bonds. The summed E-state index contributed by atoms with van der Waals surface area (Å²) in [4.78, 5) is 18.6. The van der Waals surface area contributed by atoms with Crippen LogP contribution in [0.4, 0.5) is 0 Å². The van der Waals surface area contributed by atoms with Gasteiger partial charge in [0.2, 0.25) is 0 Å². The Labute approximate surface area is 135 Å². The van der Waals surface area contributed by atoms with E-state index in [1.807, 2.05) is 6.92 Å². The molecule has 1 aromatic heterocycles. The number of H-pyrrole nitrogens is 1. The number of nitrogens with one attached hydrogen (secondary N) is 1. The van der Waals surface area contributed by atoms with Gasteiger partial charge in [0.05, 0.1) is 0 Å². The van der Waals surface area contributed by atoms with Gasteiger partial charge in [-0.1, -0.05) is 26.2 Å². The van der Waals surface area contributed by atoms with Crippen LogP contribution >= 0.6 is 0 Å². The summed E-state index contributed by atoms with van der Waals surface area (Å²) in [5.41, 5.74) is 4.49. The molecule has 0 saturated carbocycles. The Kier molecular flexibility index (Phi) is 6.69. The maximum absolute atomic E-state index is 12.7. The van der Waals surface area contributed by atoms with Crippen molar-refractivity contribution in [1.82, 2.24) is 9.88 Å². The van der Waals surface area contributed by atoms with E-state index < -0.39 is 0 Å². The Morgan fingerprint density at radius 2 is 1.77 bits per heavy atom. The molecule has 3 nitrogen and oxygen atoms in total. The van der Waals surface area contributed by atoms with E-state index in [1.54, 1.807) is 0 Å². The van der Waals surface area contributed by atoms with E-state index in [0.29, 0.717) is 12.2 Å². The first-order valence-electron chi connectivity index (χ1n) is 9.07. The Morgan fingerprint density at radius 3 is 2.41 bits per heavy atom. The number of unbranched alkanes of at least 4 members (excludes halogenated alkanes) is 1. The highest BCUT2D eigenvalue weighted by molar-refractivity contribution is 5.99. The van der Waals surface area contributed by atoms with Crippen LogP contribution in [0.3, 0.4) is 0 Å². The fourth-order valence-electron chi connectivity index (χ4n) is 3.62. The zero-order valence-corrected chi connectivity index (χ0v) is 14.6. The van der Waals surface area contributed by atoms with E-state index in [0.717, 1.165) is 30.6 Å². The molecule has 0 aliphatic carbocycles. The molecule has 2 heterocycles. The molecular weight excluding hydrogens is 272 g/mol. The van der Waals surface area contributed by atoms with E-state index in [1.165, 1.54) is 56.5 Å². The van der Waals surface area contributed by atoms with E-state index in [4.69, 9.17) is 0 Å². The summed E-state index contributed by atoms with van der Waals surface area (Å²) in [7, 11) is 0. The third-order valence-corrected chi connectivity index (χ3v) is 4.92. The summed E-state index contributed by atoms with van der Waals surface area (Å²) in [6, 6.07) is 0. The number of likely N-dealkylation sites (tertiary alicyclic amines) is 1. The van der Waals surface area contributed by atoms with Gasteiger partial charge in [-0.15, -0.1) is 0 Å². The smallest absolute Gasteiger partial charge is 0.166 e. The first-order valence-corrected chi connectivity index (χ1v) is 9.07. The number of ketones is 1. The normalized spacial score (nSPS) is 16.7. The van der Waals surface area contributed by atoms with Crippen molar-refractivity contribution < 1.29 is 4.79 Å². The zero-order chi connectivity index (χ0) is 15.9. The van der Waals surface area contributed by atoms with Gasteiger partial charge in [-0.2, -0.15) is 0 Å². The van der Waals surface area contributed by atoms with Crippen LogP contribution in [-0.2, 0) is 6.42 Å². The molecule has 22 heavy (non-hydrogen) atoms. The van der Waals surface area contributed by atoms with E-state index in [2.05, 4.69) is 23.7 Å². The number of rotatable bonds is 7. The second kappa shape index (κ2) is 8.52. The van der Waals surface area contributed by atoms with Gasteiger partial charge in [0.15, 0.2) is 5.78 Å².